The number of carbonyl (C=O) groups is 1. The summed E-state index contributed by atoms with van der Waals surface area (Å²) >= 11 is 5.88. The molecule has 0 atom stereocenters. The number of H-pyrrole nitrogens is 1. The molecule has 122 valence electrons. The van der Waals surface area contributed by atoms with E-state index in [0.717, 1.165) is 37.5 Å². The lowest BCUT2D eigenvalue weighted by Gasteiger charge is -2.23. The SMILES string of the molecule is COc1ccc(N2CCCN(C(=O)c3cc(Cl)c[nH]3)CC2)cc1. The normalized spacial score (nSPS) is 15.4. The van der Waals surface area contributed by atoms with Crippen molar-refractivity contribution in [3.8, 4) is 5.75 Å². The highest BCUT2D eigenvalue weighted by Crippen LogP contribution is 2.21. The molecular formula is C17H20ClN3O2. The van der Waals surface area contributed by atoms with Gasteiger partial charge in [-0.25, -0.2) is 0 Å². The van der Waals surface area contributed by atoms with Crippen LogP contribution in [0.3, 0.4) is 0 Å². The van der Waals surface area contributed by atoms with Gasteiger partial charge in [0, 0.05) is 38.1 Å². The quantitative estimate of drug-likeness (QED) is 0.939. The Morgan fingerprint density at radius 3 is 2.61 bits per heavy atom. The van der Waals surface area contributed by atoms with Gasteiger partial charge in [0.25, 0.3) is 5.91 Å². The van der Waals surface area contributed by atoms with Gasteiger partial charge in [0.1, 0.15) is 11.4 Å². The Morgan fingerprint density at radius 2 is 1.96 bits per heavy atom. The molecule has 1 N–H and O–H groups in total. The molecule has 1 aromatic carbocycles. The maximum atomic E-state index is 12.5. The van der Waals surface area contributed by atoms with E-state index in [0.29, 0.717) is 17.3 Å². The molecule has 0 radical (unpaired) electrons. The van der Waals surface area contributed by atoms with Crippen molar-refractivity contribution in [2.75, 3.05) is 38.2 Å². The number of methoxy groups -OCH3 is 1. The Labute approximate surface area is 140 Å². The molecule has 0 saturated carbocycles. The van der Waals surface area contributed by atoms with Gasteiger partial charge in [-0.2, -0.15) is 0 Å². The average molecular weight is 334 g/mol. The van der Waals surface area contributed by atoms with Gasteiger partial charge in [0.2, 0.25) is 0 Å². The molecule has 1 aromatic heterocycles. The van der Waals surface area contributed by atoms with Crippen LogP contribution in [0.25, 0.3) is 0 Å². The minimum absolute atomic E-state index is 0.00785. The number of ether oxygens (including phenoxy) is 1. The number of hydrogen-bond acceptors (Lipinski definition) is 3. The Hall–Kier alpha value is -2.14. The molecule has 1 aliphatic rings. The fraction of sp³-hybridized carbons (Fsp3) is 0.353. The van der Waals surface area contributed by atoms with E-state index in [4.69, 9.17) is 16.3 Å². The van der Waals surface area contributed by atoms with Crippen molar-refractivity contribution in [2.24, 2.45) is 0 Å². The predicted octanol–water partition coefficient (Wildman–Crippen LogP) is 3.03. The van der Waals surface area contributed by atoms with Crippen LogP contribution in [0.4, 0.5) is 5.69 Å². The van der Waals surface area contributed by atoms with Crippen LogP contribution >= 0.6 is 11.6 Å². The van der Waals surface area contributed by atoms with E-state index in [9.17, 15) is 4.79 Å². The highest BCUT2D eigenvalue weighted by atomic mass is 35.5. The number of anilines is 1. The molecule has 0 spiro atoms. The molecule has 23 heavy (non-hydrogen) atoms. The van der Waals surface area contributed by atoms with E-state index in [1.165, 1.54) is 0 Å². The van der Waals surface area contributed by atoms with Gasteiger partial charge in [0.15, 0.2) is 0 Å². The minimum Gasteiger partial charge on any atom is -0.497 e. The van der Waals surface area contributed by atoms with Crippen molar-refractivity contribution < 1.29 is 9.53 Å². The summed E-state index contributed by atoms with van der Waals surface area (Å²) in [6.07, 6.45) is 2.57. The summed E-state index contributed by atoms with van der Waals surface area (Å²) in [6.45, 7) is 3.19. The summed E-state index contributed by atoms with van der Waals surface area (Å²) in [5.41, 5.74) is 1.70. The van der Waals surface area contributed by atoms with Crippen molar-refractivity contribution in [2.45, 2.75) is 6.42 Å². The van der Waals surface area contributed by atoms with Crippen LogP contribution in [-0.4, -0.2) is 49.1 Å². The minimum atomic E-state index is 0.00785. The van der Waals surface area contributed by atoms with E-state index in [2.05, 4.69) is 22.0 Å². The monoisotopic (exact) mass is 333 g/mol. The van der Waals surface area contributed by atoms with Crippen molar-refractivity contribution in [3.63, 3.8) is 0 Å². The number of aromatic nitrogens is 1. The summed E-state index contributed by atoms with van der Waals surface area (Å²) in [4.78, 5) is 19.6. The predicted molar refractivity (Wildman–Crippen MR) is 91.5 cm³/mol. The third kappa shape index (κ3) is 3.62. The van der Waals surface area contributed by atoms with Crippen molar-refractivity contribution in [3.05, 3.63) is 47.2 Å². The summed E-state index contributed by atoms with van der Waals surface area (Å²) in [5, 5.41) is 0.558. The molecule has 1 saturated heterocycles. The van der Waals surface area contributed by atoms with E-state index < -0.39 is 0 Å². The molecule has 0 unspecified atom stereocenters. The highest BCUT2D eigenvalue weighted by Gasteiger charge is 2.21. The lowest BCUT2D eigenvalue weighted by molar-refractivity contribution is 0.0762. The second-order valence-corrected chi connectivity index (χ2v) is 6.00. The first-order valence-corrected chi connectivity index (χ1v) is 8.07. The second-order valence-electron chi connectivity index (χ2n) is 5.56. The fourth-order valence-corrected chi connectivity index (χ4v) is 3.00. The first-order chi connectivity index (χ1) is 11.2. The molecule has 6 heteroatoms. The molecule has 5 nitrogen and oxygen atoms in total. The van der Waals surface area contributed by atoms with Gasteiger partial charge in [0.05, 0.1) is 12.1 Å². The second kappa shape index (κ2) is 6.96. The molecule has 0 bridgehead atoms. The third-order valence-corrected chi connectivity index (χ3v) is 4.32. The van der Waals surface area contributed by atoms with Crippen molar-refractivity contribution in [1.29, 1.82) is 0 Å². The van der Waals surface area contributed by atoms with E-state index >= 15 is 0 Å². The van der Waals surface area contributed by atoms with Gasteiger partial charge < -0.3 is 19.5 Å². The van der Waals surface area contributed by atoms with E-state index in [1.807, 2.05) is 17.0 Å². The van der Waals surface area contributed by atoms with Crippen molar-refractivity contribution >= 4 is 23.2 Å². The molecule has 1 fully saturated rings. The zero-order chi connectivity index (χ0) is 16.2. The number of rotatable bonds is 3. The topological polar surface area (TPSA) is 48.6 Å². The van der Waals surface area contributed by atoms with Gasteiger partial charge in [-0.05, 0) is 36.8 Å². The Kier molecular flexibility index (Phi) is 4.76. The van der Waals surface area contributed by atoms with Gasteiger partial charge in [-0.3, -0.25) is 4.79 Å². The standard InChI is InChI=1S/C17H20ClN3O2/c1-23-15-5-3-14(4-6-15)20-7-2-8-21(10-9-20)17(22)16-11-13(18)12-19-16/h3-6,11-12,19H,2,7-10H2,1H3. The maximum absolute atomic E-state index is 12.5. The summed E-state index contributed by atoms with van der Waals surface area (Å²) in [6, 6.07) is 9.71. The lowest BCUT2D eigenvalue weighted by atomic mass is 10.2. The van der Waals surface area contributed by atoms with Gasteiger partial charge in [-0.15, -0.1) is 0 Å². The van der Waals surface area contributed by atoms with E-state index in [-0.39, 0.29) is 5.91 Å². The third-order valence-electron chi connectivity index (χ3n) is 4.10. The number of benzene rings is 1. The number of carbonyl (C=O) groups excluding carboxylic acids is 1. The number of halogens is 1. The number of aromatic amines is 1. The lowest BCUT2D eigenvalue weighted by Crippen LogP contribution is -2.35. The summed E-state index contributed by atoms with van der Waals surface area (Å²) < 4.78 is 5.20. The molecule has 1 aliphatic heterocycles. The maximum Gasteiger partial charge on any atom is 0.270 e. The smallest absolute Gasteiger partial charge is 0.270 e. The fourth-order valence-electron chi connectivity index (χ4n) is 2.83. The van der Waals surface area contributed by atoms with Crippen LogP contribution in [0.2, 0.25) is 5.02 Å². The zero-order valence-corrected chi connectivity index (χ0v) is 13.8. The zero-order valence-electron chi connectivity index (χ0n) is 13.1. The van der Waals surface area contributed by atoms with Gasteiger partial charge in [-0.1, -0.05) is 11.6 Å². The largest absolute Gasteiger partial charge is 0.497 e. The van der Waals surface area contributed by atoms with Crippen molar-refractivity contribution in [1.82, 2.24) is 9.88 Å². The molecule has 1 amide bonds. The van der Waals surface area contributed by atoms with Crippen LogP contribution in [0.5, 0.6) is 5.75 Å². The first kappa shape index (κ1) is 15.7. The summed E-state index contributed by atoms with van der Waals surface area (Å²) in [7, 11) is 1.66. The van der Waals surface area contributed by atoms with Gasteiger partial charge >= 0.3 is 0 Å². The highest BCUT2D eigenvalue weighted by molar-refractivity contribution is 6.30. The van der Waals surface area contributed by atoms with Crippen LogP contribution in [0, 0.1) is 0 Å². The average Bonchev–Trinajstić information content (AvgIpc) is 2.87. The number of nitrogens with zero attached hydrogens (tertiary/aromatic N) is 2. The number of nitrogens with one attached hydrogen (secondary N) is 1. The van der Waals surface area contributed by atoms with Crippen LogP contribution in [0.1, 0.15) is 16.9 Å². The Bertz CT molecular complexity index is 669. The first-order valence-electron chi connectivity index (χ1n) is 7.69. The van der Waals surface area contributed by atoms with E-state index in [1.54, 1.807) is 19.4 Å². The Morgan fingerprint density at radius 1 is 1.17 bits per heavy atom. The molecule has 0 aliphatic carbocycles. The summed E-state index contributed by atoms with van der Waals surface area (Å²) in [5.74, 6) is 0.859. The number of hydrogen-bond donors (Lipinski definition) is 1. The van der Waals surface area contributed by atoms with Crippen LogP contribution < -0.4 is 9.64 Å². The molecule has 2 aromatic rings. The molecule has 2 heterocycles. The van der Waals surface area contributed by atoms with Crippen LogP contribution in [-0.2, 0) is 0 Å². The molecular weight excluding hydrogens is 314 g/mol. The van der Waals surface area contributed by atoms with Crippen LogP contribution in [0.15, 0.2) is 36.5 Å². The number of amides is 1. The molecule has 3 rings (SSSR count). The Balaban J connectivity index is 1.65.